The first kappa shape index (κ1) is 16.5. The fourth-order valence-corrected chi connectivity index (χ4v) is 1.92. The van der Waals surface area contributed by atoms with Crippen LogP contribution in [-0.4, -0.2) is 18.1 Å². The van der Waals surface area contributed by atoms with Gasteiger partial charge in [-0.2, -0.15) is 0 Å². The Morgan fingerprint density at radius 1 is 1.25 bits per heavy atom. The van der Waals surface area contributed by atoms with Gasteiger partial charge in [-0.25, -0.2) is 0 Å². The van der Waals surface area contributed by atoms with Crippen LogP contribution in [0.5, 0.6) is 5.75 Å². The normalized spacial score (nSPS) is 11.5. The van der Waals surface area contributed by atoms with Gasteiger partial charge in [0.25, 0.3) is 0 Å². The minimum atomic E-state index is -0.211. The van der Waals surface area contributed by atoms with Crippen molar-refractivity contribution in [1.29, 1.82) is 0 Å². The van der Waals surface area contributed by atoms with E-state index in [0.717, 1.165) is 17.7 Å². The number of hydrogen-bond donors (Lipinski definition) is 1. The minimum absolute atomic E-state index is 0.120. The van der Waals surface area contributed by atoms with E-state index in [9.17, 15) is 4.79 Å². The summed E-state index contributed by atoms with van der Waals surface area (Å²) in [6, 6.07) is 8.01. The van der Waals surface area contributed by atoms with E-state index in [2.05, 4.69) is 11.4 Å². The Morgan fingerprint density at radius 2 is 1.90 bits per heavy atom. The third kappa shape index (κ3) is 6.60. The Bertz CT molecular complexity index is 433. The molecule has 1 aromatic rings. The van der Waals surface area contributed by atoms with Crippen molar-refractivity contribution in [1.82, 2.24) is 5.32 Å². The van der Waals surface area contributed by atoms with Crippen molar-refractivity contribution in [2.24, 2.45) is 5.92 Å². The van der Waals surface area contributed by atoms with Crippen molar-refractivity contribution in [3.05, 3.63) is 29.8 Å². The summed E-state index contributed by atoms with van der Waals surface area (Å²) in [5, 5.41) is 2.96. The highest BCUT2D eigenvalue weighted by molar-refractivity contribution is 5.76. The van der Waals surface area contributed by atoms with Crippen LogP contribution in [0.15, 0.2) is 24.3 Å². The van der Waals surface area contributed by atoms with Crippen molar-refractivity contribution in [2.45, 2.75) is 53.1 Å². The number of amides is 1. The number of carbonyl (C=O) groups excluding carboxylic acids is 1. The average molecular weight is 277 g/mol. The molecule has 0 unspecified atom stereocenters. The fraction of sp³-hybridized carbons (Fsp3) is 0.588. The number of nitrogens with one attached hydrogen (secondary N) is 1. The Hall–Kier alpha value is -1.51. The van der Waals surface area contributed by atoms with E-state index in [1.54, 1.807) is 0 Å². The molecule has 0 saturated carbocycles. The van der Waals surface area contributed by atoms with Gasteiger partial charge in [0.15, 0.2) is 0 Å². The highest BCUT2D eigenvalue weighted by atomic mass is 16.5. The number of carbonyl (C=O) groups is 1. The minimum Gasteiger partial charge on any atom is -0.488 e. The van der Waals surface area contributed by atoms with Crippen LogP contribution in [0.3, 0.4) is 0 Å². The van der Waals surface area contributed by atoms with Crippen LogP contribution >= 0.6 is 0 Å². The molecule has 0 aliphatic rings. The fourth-order valence-electron chi connectivity index (χ4n) is 1.92. The summed E-state index contributed by atoms with van der Waals surface area (Å²) in [5.41, 5.74) is 0.920. The number of rotatable bonds is 6. The molecule has 0 saturated heterocycles. The van der Waals surface area contributed by atoms with Crippen molar-refractivity contribution in [2.75, 3.05) is 6.54 Å². The molecule has 0 aliphatic carbocycles. The molecule has 0 atom stereocenters. The van der Waals surface area contributed by atoms with Gasteiger partial charge in [0, 0.05) is 13.0 Å². The van der Waals surface area contributed by atoms with Crippen LogP contribution in [0.2, 0.25) is 0 Å². The summed E-state index contributed by atoms with van der Waals surface area (Å²) in [4.78, 5) is 11.6. The van der Waals surface area contributed by atoms with Crippen LogP contribution in [0.25, 0.3) is 0 Å². The molecular formula is C17H27NO2. The van der Waals surface area contributed by atoms with E-state index in [-0.39, 0.29) is 11.5 Å². The predicted octanol–water partition coefficient (Wildman–Crippen LogP) is 3.57. The molecular weight excluding hydrogens is 250 g/mol. The highest BCUT2D eigenvalue weighted by Gasteiger charge is 2.14. The average Bonchev–Trinajstić information content (AvgIpc) is 2.28. The molecule has 3 heteroatoms. The second-order valence-electron chi connectivity index (χ2n) is 6.52. The van der Waals surface area contributed by atoms with Gasteiger partial charge < -0.3 is 10.1 Å². The molecule has 112 valence electrons. The quantitative estimate of drug-likeness (QED) is 0.863. The van der Waals surface area contributed by atoms with Crippen LogP contribution in [0, 0.1) is 5.92 Å². The van der Waals surface area contributed by atoms with E-state index in [4.69, 9.17) is 4.74 Å². The van der Waals surface area contributed by atoms with E-state index in [1.807, 2.05) is 52.8 Å². The lowest BCUT2D eigenvalue weighted by Crippen LogP contribution is -2.27. The molecule has 1 amide bonds. The maximum Gasteiger partial charge on any atom is 0.220 e. The Morgan fingerprint density at radius 3 is 2.50 bits per heavy atom. The smallest absolute Gasteiger partial charge is 0.220 e. The zero-order chi connectivity index (χ0) is 15.2. The van der Waals surface area contributed by atoms with E-state index < -0.39 is 0 Å². The molecule has 3 nitrogen and oxygen atoms in total. The van der Waals surface area contributed by atoms with Crippen molar-refractivity contribution >= 4 is 5.91 Å². The van der Waals surface area contributed by atoms with Crippen molar-refractivity contribution < 1.29 is 9.53 Å². The lowest BCUT2D eigenvalue weighted by atomic mass is 10.1. The number of hydrogen-bond acceptors (Lipinski definition) is 2. The first-order chi connectivity index (χ1) is 9.28. The van der Waals surface area contributed by atoms with E-state index >= 15 is 0 Å². The van der Waals surface area contributed by atoms with Gasteiger partial charge in [0.1, 0.15) is 11.4 Å². The zero-order valence-electron chi connectivity index (χ0n) is 13.3. The molecule has 0 heterocycles. The molecule has 20 heavy (non-hydrogen) atoms. The number of ether oxygens (including phenoxy) is 1. The largest absolute Gasteiger partial charge is 0.488 e. The zero-order valence-corrected chi connectivity index (χ0v) is 13.3. The summed E-state index contributed by atoms with van der Waals surface area (Å²) in [6.45, 7) is 10.9. The van der Waals surface area contributed by atoms with Crippen LogP contribution < -0.4 is 10.1 Å². The number of para-hydroxylation sites is 1. The summed E-state index contributed by atoms with van der Waals surface area (Å²) in [7, 11) is 0. The summed E-state index contributed by atoms with van der Waals surface area (Å²) < 4.78 is 5.94. The Balaban J connectivity index is 2.54. The van der Waals surface area contributed by atoms with E-state index in [0.29, 0.717) is 18.9 Å². The van der Waals surface area contributed by atoms with Gasteiger partial charge >= 0.3 is 0 Å². The molecule has 0 bridgehead atoms. The van der Waals surface area contributed by atoms with Crippen molar-refractivity contribution in [3.8, 4) is 5.75 Å². The maximum absolute atomic E-state index is 11.6. The van der Waals surface area contributed by atoms with Gasteiger partial charge in [-0.1, -0.05) is 32.0 Å². The van der Waals surface area contributed by atoms with Crippen LogP contribution in [-0.2, 0) is 11.2 Å². The van der Waals surface area contributed by atoms with E-state index in [1.165, 1.54) is 0 Å². The predicted molar refractivity (Wildman–Crippen MR) is 83.0 cm³/mol. The maximum atomic E-state index is 11.6. The number of benzene rings is 1. The van der Waals surface area contributed by atoms with Crippen molar-refractivity contribution in [3.63, 3.8) is 0 Å². The summed E-state index contributed by atoms with van der Waals surface area (Å²) in [6.07, 6.45) is 1.37. The third-order valence-electron chi connectivity index (χ3n) is 2.70. The van der Waals surface area contributed by atoms with Gasteiger partial charge in [-0.15, -0.1) is 0 Å². The molecule has 0 spiro atoms. The molecule has 0 fully saturated rings. The van der Waals surface area contributed by atoms with Gasteiger partial charge in [0.2, 0.25) is 5.91 Å². The lowest BCUT2D eigenvalue weighted by Gasteiger charge is -2.23. The second-order valence-corrected chi connectivity index (χ2v) is 6.52. The Kier molecular flexibility index (Phi) is 6.05. The standard InChI is InChI=1S/C17H27NO2/c1-13(2)12-16(19)18-11-10-14-8-6-7-9-15(14)20-17(3,4)5/h6-9,13H,10-12H2,1-5H3,(H,18,19). The summed E-state index contributed by atoms with van der Waals surface area (Å²) >= 11 is 0. The van der Waals surface area contributed by atoms with Gasteiger partial charge in [-0.3, -0.25) is 4.79 Å². The molecule has 0 aromatic heterocycles. The molecule has 0 aliphatic heterocycles. The second kappa shape index (κ2) is 7.32. The molecule has 0 radical (unpaired) electrons. The Labute approximate surface area is 122 Å². The van der Waals surface area contributed by atoms with Crippen LogP contribution in [0.1, 0.15) is 46.6 Å². The lowest BCUT2D eigenvalue weighted by molar-refractivity contribution is -0.121. The highest BCUT2D eigenvalue weighted by Crippen LogP contribution is 2.23. The summed E-state index contributed by atoms with van der Waals surface area (Å²) in [5.74, 6) is 1.42. The van der Waals surface area contributed by atoms with Gasteiger partial charge in [0.05, 0.1) is 0 Å². The third-order valence-corrected chi connectivity index (χ3v) is 2.70. The molecule has 1 N–H and O–H groups in total. The first-order valence-electron chi connectivity index (χ1n) is 7.31. The monoisotopic (exact) mass is 277 g/mol. The SMILES string of the molecule is CC(C)CC(=O)NCCc1ccccc1OC(C)(C)C. The van der Waals surface area contributed by atoms with Gasteiger partial charge in [-0.05, 0) is 44.7 Å². The van der Waals surface area contributed by atoms with Crippen LogP contribution in [0.4, 0.5) is 0 Å². The topological polar surface area (TPSA) is 38.3 Å². The molecule has 1 rings (SSSR count). The molecule has 1 aromatic carbocycles. The first-order valence-corrected chi connectivity index (χ1v) is 7.31.